The monoisotopic (exact) mass is 576 g/mol. The molecule has 0 N–H and O–H groups in total. The molecule has 1 aliphatic heterocycles. The molecule has 206 valence electrons. The van der Waals surface area contributed by atoms with E-state index in [1.165, 1.54) is 18.7 Å². The third-order valence-electron chi connectivity index (χ3n) is 6.34. The second-order valence-electron chi connectivity index (χ2n) is 9.13. The zero-order chi connectivity index (χ0) is 28.1. The smallest absolute Gasteiger partial charge is 0.247 e. The number of benzene rings is 3. The molecule has 8 nitrogen and oxygen atoms in total. The number of rotatable bonds is 9. The molecule has 5 rings (SSSR count). The van der Waals surface area contributed by atoms with Crippen molar-refractivity contribution in [3.63, 3.8) is 0 Å². The lowest BCUT2D eigenvalue weighted by molar-refractivity contribution is -0.118. The number of hydrogen-bond donors (Lipinski definition) is 0. The van der Waals surface area contributed by atoms with Crippen LogP contribution in [0.3, 0.4) is 0 Å². The highest BCUT2D eigenvalue weighted by Gasteiger charge is 2.35. The molecule has 0 aliphatic carbocycles. The summed E-state index contributed by atoms with van der Waals surface area (Å²) in [5.74, 6) is 1.75. The van der Waals surface area contributed by atoms with E-state index in [4.69, 9.17) is 30.8 Å². The molecule has 1 aliphatic rings. The Morgan fingerprint density at radius 3 is 2.62 bits per heavy atom. The van der Waals surface area contributed by atoms with E-state index in [9.17, 15) is 4.79 Å². The van der Waals surface area contributed by atoms with Gasteiger partial charge in [0.05, 0.1) is 17.8 Å². The van der Waals surface area contributed by atoms with Crippen molar-refractivity contribution in [3.8, 4) is 28.6 Å². The summed E-state index contributed by atoms with van der Waals surface area (Å²) < 4.78 is 18.2. The molecule has 0 saturated carbocycles. The van der Waals surface area contributed by atoms with E-state index in [0.29, 0.717) is 50.8 Å². The summed E-state index contributed by atoms with van der Waals surface area (Å²) in [6.45, 7) is 3.94. The largest absolute Gasteiger partial charge is 0.493 e. The summed E-state index contributed by atoms with van der Waals surface area (Å²) >= 11 is 8.28. The minimum atomic E-state index is -0.903. The van der Waals surface area contributed by atoms with Crippen molar-refractivity contribution in [2.45, 2.75) is 44.7 Å². The summed E-state index contributed by atoms with van der Waals surface area (Å²) in [5.41, 5.74) is 3.37. The minimum absolute atomic E-state index is 0.227. The predicted octanol–water partition coefficient (Wildman–Crippen LogP) is 7.12. The van der Waals surface area contributed by atoms with Crippen molar-refractivity contribution in [2.24, 2.45) is 0 Å². The first kappa shape index (κ1) is 27.7. The van der Waals surface area contributed by atoms with Crippen molar-refractivity contribution in [1.82, 2.24) is 15.2 Å². The van der Waals surface area contributed by atoms with Crippen LogP contribution in [0.15, 0.2) is 71.9 Å². The quantitative estimate of drug-likeness (QED) is 0.154. The number of thioether (sulfide) groups is 1. The Hall–Kier alpha value is -3.82. The van der Waals surface area contributed by atoms with Crippen LogP contribution in [0.2, 0.25) is 5.02 Å². The van der Waals surface area contributed by atoms with Crippen LogP contribution in [-0.4, -0.2) is 34.0 Å². The SMILES string of the molecule is CCCCSc1nnc2c(n1)OC(c1cc(Cl)c(OCc3ccccc3)c(OC)c1)N(C(C)=O)c1ccccc1-2. The van der Waals surface area contributed by atoms with Crippen LogP contribution in [0.1, 0.15) is 44.0 Å². The molecule has 3 aromatic carbocycles. The Morgan fingerprint density at radius 2 is 1.88 bits per heavy atom. The van der Waals surface area contributed by atoms with Crippen LogP contribution in [0, 0.1) is 0 Å². The average molecular weight is 577 g/mol. The Labute approximate surface area is 242 Å². The lowest BCUT2D eigenvalue weighted by Gasteiger charge is -2.30. The third kappa shape index (κ3) is 5.85. The first-order valence-corrected chi connectivity index (χ1v) is 14.3. The number of carbonyl (C=O) groups excluding carboxylic acids is 1. The molecule has 0 spiro atoms. The van der Waals surface area contributed by atoms with Gasteiger partial charge < -0.3 is 14.2 Å². The van der Waals surface area contributed by atoms with Crippen molar-refractivity contribution in [1.29, 1.82) is 0 Å². The highest BCUT2D eigenvalue weighted by molar-refractivity contribution is 7.99. The maximum absolute atomic E-state index is 13.2. The molecule has 40 heavy (non-hydrogen) atoms. The first-order valence-electron chi connectivity index (χ1n) is 13.0. The molecular weight excluding hydrogens is 548 g/mol. The van der Waals surface area contributed by atoms with Gasteiger partial charge in [0.25, 0.3) is 0 Å². The van der Waals surface area contributed by atoms with Gasteiger partial charge in [0.15, 0.2) is 17.2 Å². The van der Waals surface area contributed by atoms with Gasteiger partial charge in [-0.15, -0.1) is 10.2 Å². The van der Waals surface area contributed by atoms with E-state index >= 15 is 0 Å². The second kappa shape index (κ2) is 12.6. The fraction of sp³-hybridized carbons (Fsp3) is 0.267. The molecule has 1 aromatic heterocycles. The number of amides is 1. The molecule has 1 amide bonds. The molecule has 10 heteroatoms. The van der Waals surface area contributed by atoms with Crippen LogP contribution >= 0.6 is 23.4 Å². The van der Waals surface area contributed by atoms with Gasteiger partial charge in [-0.25, -0.2) is 0 Å². The normalized spacial score (nSPS) is 14.0. The molecule has 0 bridgehead atoms. The lowest BCUT2D eigenvalue weighted by Crippen LogP contribution is -2.36. The fourth-order valence-electron chi connectivity index (χ4n) is 4.39. The van der Waals surface area contributed by atoms with Crippen LogP contribution in [0.25, 0.3) is 11.3 Å². The summed E-state index contributed by atoms with van der Waals surface area (Å²) in [6, 6.07) is 20.8. The van der Waals surface area contributed by atoms with Gasteiger partial charge in [-0.05, 0) is 30.2 Å². The molecule has 0 radical (unpaired) electrons. The number of unbranched alkanes of at least 4 members (excludes halogenated alkanes) is 1. The van der Waals surface area contributed by atoms with E-state index in [1.54, 1.807) is 24.1 Å². The molecule has 1 unspecified atom stereocenters. The van der Waals surface area contributed by atoms with Gasteiger partial charge in [-0.1, -0.05) is 85.2 Å². The molecular formula is C30H29ClN4O4S. The number of carbonyl (C=O) groups is 1. The van der Waals surface area contributed by atoms with Crippen LogP contribution < -0.4 is 19.1 Å². The predicted molar refractivity (Wildman–Crippen MR) is 156 cm³/mol. The number of aromatic nitrogens is 3. The van der Waals surface area contributed by atoms with Gasteiger partial charge in [-0.3, -0.25) is 9.69 Å². The lowest BCUT2D eigenvalue weighted by atomic mass is 10.1. The fourth-order valence-corrected chi connectivity index (χ4v) is 5.53. The highest BCUT2D eigenvalue weighted by Crippen LogP contribution is 2.46. The van der Waals surface area contributed by atoms with Crippen molar-refractivity contribution >= 4 is 35.0 Å². The second-order valence-corrected chi connectivity index (χ2v) is 10.6. The van der Waals surface area contributed by atoms with Crippen molar-refractivity contribution in [2.75, 3.05) is 17.8 Å². The Bertz CT molecular complexity index is 1500. The maximum Gasteiger partial charge on any atom is 0.247 e. The number of hydrogen-bond acceptors (Lipinski definition) is 8. The van der Waals surface area contributed by atoms with E-state index in [1.807, 2.05) is 54.6 Å². The third-order valence-corrected chi connectivity index (χ3v) is 7.55. The average Bonchev–Trinajstić information content (AvgIpc) is 3.11. The van der Waals surface area contributed by atoms with Crippen LogP contribution in [0.4, 0.5) is 5.69 Å². The van der Waals surface area contributed by atoms with Gasteiger partial charge >= 0.3 is 0 Å². The number of halogens is 1. The summed E-state index contributed by atoms with van der Waals surface area (Å²) in [5, 5.41) is 9.64. The summed E-state index contributed by atoms with van der Waals surface area (Å²) in [6.07, 6.45) is 1.20. The number of ether oxygens (including phenoxy) is 3. The molecule has 0 saturated heterocycles. The Kier molecular flexibility index (Phi) is 8.72. The number of para-hydroxylation sites is 1. The standard InChI is InChI=1S/C30H29ClN4O4S/c1-4-5-15-40-30-32-28-26(33-34-30)22-13-9-10-14-24(22)35(19(2)36)29(39-28)21-16-23(31)27(25(17-21)37-3)38-18-20-11-7-6-8-12-20/h6-14,16-17,29H,4-5,15,18H2,1-3H3. The number of anilines is 1. The van der Waals surface area contributed by atoms with Gasteiger partial charge in [-0.2, -0.15) is 4.98 Å². The molecule has 4 aromatic rings. The van der Waals surface area contributed by atoms with Gasteiger partial charge in [0, 0.05) is 23.8 Å². The molecule has 0 fully saturated rings. The van der Waals surface area contributed by atoms with Gasteiger partial charge in [0.1, 0.15) is 6.61 Å². The topological polar surface area (TPSA) is 86.7 Å². The minimum Gasteiger partial charge on any atom is -0.493 e. The summed E-state index contributed by atoms with van der Waals surface area (Å²) in [7, 11) is 1.54. The zero-order valence-corrected chi connectivity index (χ0v) is 24.0. The van der Waals surface area contributed by atoms with E-state index in [2.05, 4.69) is 17.1 Å². The Morgan fingerprint density at radius 1 is 1.10 bits per heavy atom. The van der Waals surface area contributed by atoms with Crippen molar-refractivity contribution in [3.05, 3.63) is 82.9 Å². The van der Waals surface area contributed by atoms with Crippen LogP contribution in [-0.2, 0) is 11.4 Å². The number of nitrogens with zero attached hydrogens (tertiary/aromatic N) is 4. The van der Waals surface area contributed by atoms with E-state index in [0.717, 1.165) is 24.2 Å². The van der Waals surface area contributed by atoms with E-state index < -0.39 is 6.23 Å². The summed E-state index contributed by atoms with van der Waals surface area (Å²) in [4.78, 5) is 19.4. The van der Waals surface area contributed by atoms with Crippen molar-refractivity contribution < 1.29 is 19.0 Å². The number of fused-ring (bicyclic) bond motifs is 3. The maximum atomic E-state index is 13.2. The highest BCUT2D eigenvalue weighted by atomic mass is 35.5. The zero-order valence-electron chi connectivity index (χ0n) is 22.5. The van der Waals surface area contributed by atoms with Crippen LogP contribution in [0.5, 0.6) is 17.4 Å². The first-order chi connectivity index (χ1) is 19.5. The number of methoxy groups -OCH3 is 1. The van der Waals surface area contributed by atoms with E-state index in [-0.39, 0.29) is 11.8 Å². The van der Waals surface area contributed by atoms with Gasteiger partial charge in [0.2, 0.25) is 23.2 Å². The molecule has 2 heterocycles. The molecule has 1 atom stereocenters. The Balaban J connectivity index is 1.57.